The summed E-state index contributed by atoms with van der Waals surface area (Å²) in [4.78, 5) is 5.10. The molecule has 2 rings (SSSR count). The minimum absolute atomic E-state index is 0.138. The van der Waals surface area contributed by atoms with Crippen LogP contribution in [0, 0.1) is 0 Å². The molecule has 0 bridgehead atoms. The number of rotatable bonds is 6. The molecule has 1 aromatic carbocycles. The van der Waals surface area contributed by atoms with E-state index in [4.69, 9.17) is 0 Å². The molecule has 22 heavy (non-hydrogen) atoms. The Balaban J connectivity index is 2.41. The number of nitrogens with zero attached hydrogens (tertiary/aromatic N) is 1. The molecule has 0 saturated carbocycles. The van der Waals surface area contributed by atoms with Crippen molar-refractivity contribution in [2.75, 3.05) is 0 Å². The van der Waals surface area contributed by atoms with Crippen LogP contribution in [-0.4, -0.2) is 9.54 Å². The molecule has 0 saturated heterocycles. The maximum Gasteiger partial charge on any atom is 0.140 e. The number of benzene rings is 1. The fourth-order valence-corrected chi connectivity index (χ4v) is 3.22. The van der Waals surface area contributed by atoms with Crippen molar-refractivity contribution in [2.45, 2.75) is 32.2 Å². The van der Waals surface area contributed by atoms with Crippen LogP contribution in [0.5, 0.6) is 0 Å². The van der Waals surface area contributed by atoms with Gasteiger partial charge >= 0.3 is 0 Å². The van der Waals surface area contributed by atoms with Gasteiger partial charge in [0.1, 0.15) is 4.91 Å². The Hall–Kier alpha value is -1.62. The third kappa shape index (κ3) is 3.77. The number of allylic oxidation sites excluding steroid dienone is 1. The maximum absolute atomic E-state index is 12.3. The molecular weight excluding hydrogens is 292 g/mol. The predicted octanol–water partition coefficient (Wildman–Crippen LogP) is 3.89. The lowest BCUT2D eigenvalue weighted by molar-refractivity contribution is 0.380. The molecule has 0 radical (unpaired) electrons. The zero-order valence-corrected chi connectivity index (χ0v) is 14.1. The van der Waals surface area contributed by atoms with E-state index in [9.17, 15) is 4.55 Å². The van der Waals surface area contributed by atoms with Gasteiger partial charge in [-0.15, -0.1) is 4.72 Å². The third-order valence-electron chi connectivity index (χ3n) is 3.72. The topological polar surface area (TPSA) is 48.0 Å². The normalized spacial score (nSPS) is 14.4. The van der Waals surface area contributed by atoms with E-state index >= 15 is 0 Å². The molecule has 0 aliphatic carbocycles. The lowest BCUT2D eigenvalue weighted by Gasteiger charge is -2.34. The van der Waals surface area contributed by atoms with Crippen LogP contribution in [0.1, 0.15) is 38.1 Å². The van der Waals surface area contributed by atoms with Gasteiger partial charge in [0.05, 0.1) is 17.4 Å². The number of pyridine rings is 1. The lowest BCUT2D eigenvalue weighted by Crippen LogP contribution is -2.41. The first kappa shape index (κ1) is 16.7. The first-order chi connectivity index (χ1) is 10.4. The van der Waals surface area contributed by atoms with Crippen molar-refractivity contribution < 1.29 is 4.55 Å². The highest BCUT2D eigenvalue weighted by molar-refractivity contribution is 7.93. The summed E-state index contributed by atoms with van der Waals surface area (Å²) in [6.07, 6.45) is 1.79. The van der Waals surface area contributed by atoms with Crippen LogP contribution >= 0.6 is 0 Å². The van der Waals surface area contributed by atoms with Crippen LogP contribution in [0.2, 0.25) is 0 Å². The zero-order chi connectivity index (χ0) is 16.2. The zero-order valence-electron chi connectivity index (χ0n) is 13.2. The summed E-state index contributed by atoms with van der Waals surface area (Å²) in [7, 11) is 0. The average Bonchev–Trinajstić information content (AvgIpc) is 2.53. The molecule has 116 valence electrons. The van der Waals surface area contributed by atoms with Crippen LogP contribution in [0.15, 0.2) is 66.2 Å². The molecule has 1 heterocycles. The Morgan fingerprint density at radius 2 is 1.82 bits per heavy atom. The van der Waals surface area contributed by atoms with E-state index in [0.717, 1.165) is 11.3 Å². The smallest absolute Gasteiger partial charge is 0.140 e. The summed E-state index contributed by atoms with van der Waals surface area (Å²) >= 11 is -1.29. The summed E-state index contributed by atoms with van der Waals surface area (Å²) in [5.74, 6) is 0. The first-order valence-corrected chi connectivity index (χ1v) is 8.38. The minimum Gasteiger partial charge on any atom is -0.593 e. The third-order valence-corrected chi connectivity index (χ3v) is 4.80. The molecule has 1 unspecified atom stereocenters. The highest BCUT2D eigenvalue weighted by Gasteiger charge is 2.37. The Bertz CT molecular complexity index is 613. The van der Waals surface area contributed by atoms with E-state index in [0.29, 0.717) is 4.91 Å². The first-order valence-electron chi connectivity index (χ1n) is 7.23. The van der Waals surface area contributed by atoms with Crippen molar-refractivity contribution in [2.24, 2.45) is 0 Å². The molecule has 0 aliphatic heterocycles. The van der Waals surface area contributed by atoms with Gasteiger partial charge < -0.3 is 4.55 Å². The highest BCUT2D eigenvalue weighted by atomic mass is 32.2. The molecule has 4 heteroatoms. The molecule has 1 N–H and O–H groups in total. The van der Waals surface area contributed by atoms with E-state index in [1.165, 1.54) is 0 Å². The quantitative estimate of drug-likeness (QED) is 0.823. The van der Waals surface area contributed by atoms with Gasteiger partial charge in [-0.25, -0.2) is 0 Å². The van der Waals surface area contributed by atoms with Gasteiger partial charge in [0.25, 0.3) is 0 Å². The van der Waals surface area contributed by atoms with Crippen molar-refractivity contribution in [1.29, 1.82) is 0 Å². The Kier molecular flexibility index (Phi) is 5.40. The molecule has 3 nitrogen and oxygen atoms in total. The van der Waals surface area contributed by atoms with Crippen LogP contribution in [0.25, 0.3) is 0 Å². The van der Waals surface area contributed by atoms with Gasteiger partial charge in [-0.3, -0.25) is 4.98 Å². The number of hydrogen-bond donors (Lipinski definition) is 1. The van der Waals surface area contributed by atoms with Gasteiger partial charge in [-0.1, -0.05) is 50.2 Å². The van der Waals surface area contributed by atoms with Crippen LogP contribution < -0.4 is 4.72 Å². The molecular formula is C18H22N2OS. The van der Waals surface area contributed by atoms with Crippen molar-refractivity contribution in [1.82, 2.24) is 9.71 Å². The summed E-state index contributed by atoms with van der Waals surface area (Å²) < 4.78 is 15.5. The van der Waals surface area contributed by atoms with Crippen molar-refractivity contribution in [3.8, 4) is 0 Å². The fraction of sp³-hybridized carbons (Fsp3) is 0.278. The molecule has 2 aromatic rings. The predicted molar refractivity (Wildman–Crippen MR) is 92.5 cm³/mol. The minimum atomic E-state index is -1.29. The standard InChI is InChI=1S/C18H22N2OS/c1-14(2)22(21)20-17(15-10-6-5-7-11-15)18(3,4)16-12-8-9-13-19-16/h5-13,17,20H,1H2,2-4H3/t17-,22?/m0/s1. The van der Waals surface area contributed by atoms with E-state index in [1.54, 1.807) is 13.1 Å². The van der Waals surface area contributed by atoms with Gasteiger partial charge in [0.15, 0.2) is 0 Å². The van der Waals surface area contributed by atoms with Gasteiger partial charge in [-0.2, -0.15) is 0 Å². The van der Waals surface area contributed by atoms with E-state index < -0.39 is 11.4 Å². The van der Waals surface area contributed by atoms with E-state index in [-0.39, 0.29) is 11.5 Å². The summed E-state index contributed by atoms with van der Waals surface area (Å²) in [6, 6.07) is 15.8. The number of aromatic nitrogens is 1. The Labute approximate surface area is 135 Å². The summed E-state index contributed by atoms with van der Waals surface area (Å²) in [5.41, 5.74) is 1.70. The van der Waals surface area contributed by atoms with Crippen molar-refractivity contribution in [3.05, 3.63) is 77.5 Å². The SMILES string of the molecule is C=C(C)[S+]([O-])N[C@@H](c1ccccc1)C(C)(C)c1ccccn1. The summed E-state index contributed by atoms with van der Waals surface area (Å²) in [5, 5.41) is 0. The van der Waals surface area contributed by atoms with Crippen molar-refractivity contribution in [3.63, 3.8) is 0 Å². The Morgan fingerprint density at radius 3 is 2.36 bits per heavy atom. The molecule has 0 aliphatic rings. The van der Waals surface area contributed by atoms with E-state index in [2.05, 4.69) is 30.1 Å². The highest BCUT2D eigenvalue weighted by Crippen LogP contribution is 2.36. The second kappa shape index (κ2) is 7.09. The molecule has 0 fully saturated rings. The molecule has 0 spiro atoms. The second-order valence-electron chi connectivity index (χ2n) is 5.87. The number of hydrogen-bond acceptors (Lipinski definition) is 3. The molecule has 1 aromatic heterocycles. The fourth-order valence-electron chi connectivity index (χ4n) is 2.38. The van der Waals surface area contributed by atoms with Gasteiger partial charge in [-0.05, 0) is 24.3 Å². The largest absolute Gasteiger partial charge is 0.593 e. The van der Waals surface area contributed by atoms with Crippen LogP contribution in [0.3, 0.4) is 0 Å². The van der Waals surface area contributed by atoms with Gasteiger partial charge in [0.2, 0.25) is 0 Å². The van der Waals surface area contributed by atoms with Crippen LogP contribution in [0.4, 0.5) is 0 Å². The molecule has 2 atom stereocenters. The van der Waals surface area contributed by atoms with Crippen LogP contribution in [-0.2, 0) is 16.8 Å². The van der Waals surface area contributed by atoms with E-state index in [1.807, 2.05) is 48.5 Å². The Morgan fingerprint density at radius 1 is 1.18 bits per heavy atom. The average molecular weight is 314 g/mol. The summed E-state index contributed by atoms with van der Waals surface area (Å²) in [6.45, 7) is 9.75. The van der Waals surface area contributed by atoms with Gasteiger partial charge in [0, 0.05) is 24.2 Å². The maximum atomic E-state index is 12.3. The molecule has 0 amide bonds. The second-order valence-corrected chi connectivity index (χ2v) is 7.34. The van der Waals surface area contributed by atoms with Crippen molar-refractivity contribution >= 4 is 11.4 Å². The monoisotopic (exact) mass is 314 g/mol. The lowest BCUT2D eigenvalue weighted by atomic mass is 9.78. The number of nitrogens with one attached hydrogen (secondary N) is 1.